The molecule has 0 fully saturated rings. The van der Waals surface area contributed by atoms with E-state index in [2.05, 4.69) is 15.2 Å². The van der Waals surface area contributed by atoms with Crippen LogP contribution < -0.4 is 5.32 Å². The molecule has 0 unspecified atom stereocenters. The first-order chi connectivity index (χ1) is 9.49. The Balaban J connectivity index is 2.05. The summed E-state index contributed by atoms with van der Waals surface area (Å²) in [7, 11) is 1.30. The fourth-order valence-electron chi connectivity index (χ4n) is 1.77. The molecule has 106 valence electrons. The Kier molecular flexibility index (Phi) is 3.88. The zero-order valence-electron chi connectivity index (χ0n) is 11.5. The molecule has 7 nitrogen and oxygen atoms in total. The van der Waals surface area contributed by atoms with Gasteiger partial charge in [-0.2, -0.15) is 5.10 Å². The maximum Gasteiger partial charge on any atom is 0.327 e. The molecule has 0 saturated heterocycles. The number of aryl methyl sites for hydroxylation is 2. The van der Waals surface area contributed by atoms with Gasteiger partial charge in [-0.05, 0) is 19.9 Å². The lowest BCUT2D eigenvalue weighted by molar-refractivity contribution is -0.141. The third-order valence-corrected chi connectivity index (χ3v) is 2.70. The van der Waals surface area contributed by atoms with Crippen LogP contribution in [0.3, 0.4) is 0 Å². The Labute approximate surface area is 115 Å². The van der Waals surface area contributed by atoms with Gasteiger partial charge in [0.05, 0.1) is 24.6 Å². The number of furan rings is 1. The maximum absolute atomic E-state index is 12.0. The second kappa shape index (κ2) is 5.60. The lowest BCUT2D eigenvalue weighted by Crippen LogP contribution is -2.13. The van der Waals surface area contributed by atoms with E-state index in [4.69, 9.17) is 4.42 Å². The van der Waals surface area contributed by atoms with Crippen LogP contribution in [-0.2, 0) is 16.1 Å². The number of carbonyl (C=O) groups excluding carboxylic acids is 2. The highest BCUT2D eigenvalue weighted by molar-refractivity contribution is 6.04. The lowest BCUT2D eigenvalue weighted by atomic mass is 10.2. The smallest absolute Gasteiger partial charge is 0.327 e. The van der Waals surface area contributed by atoms with E-state index in [9.17, 15) is 9.59 Å². The van der Waals surface area contributed by atoms with Crippen molar-refractivity contribution in [2.45, 2.75) is 20.4 Å². The number of esters is 1. The highest BCUT2D eigenvalue weighted by Gasteiger charge is 2.14. The highest BCUT2D eigenvalue weighted by Crippen LogP contribution is 2.15. The normalized spacial score (nSPS) is 10.3. The summed E-state index contributed by atoms with van der Waals surface area (Å²) < 4.78 is 11.2. The van der Waals surface area contributed by atoms with Crippen LogP contribution in [0, 0.1) is 13.8 Å². The Morgan fingerprint density at radius 2 is 2.20 bits per heavy atom. The van der Waals surface area contributed by atoms with E-state index < -0.39 is 5.97 Å². The van der Waals surface area contributed by atoms with Crippen molar-refractivity contribution in [1.82, 2.24) is 9.78 Å². The minimum absolute atomic E-state index is 0.00375. The van der Waals surface area contributed by atoms with Gasteiger partial charge < -0.3 is 14.5 Å². The van der Waals surface area contributed by atoms with Gasteiger partial charge in [-0.1, -0.05) is 0 Å². The van der Waals surface area contributed by atoms with Crippen LogP contribution in [0.4, 0.5) is 5.69 Å². The molecule has 0 bridgehead atoms. The zero-order chi connectivity index (χ0) is 14.7. The maximum atomic E-state index is 12.0. The van der Waals surface area contributed by atoms with Gasteiger partial charge in [0.2, 0.25) is 0 Å². The molecule has 0 aliphatic heterocycles. The number of rotatable bonds is 4. The molecule has 7 heteroatoms. The Hall–Kier alpha value is -2.57. The van der Waals surface area contributed by atoms with Gasteiger partial charge in [-0.15, -0.1) is 0 Å². The first kappa shape index (κ1) is 13.9. The standard InChI is InChI=1S/C13H15N3O4/c1-8-4-11(9(2)20-8)13(18)15-10-5-14-16(6-10)7-12(17)19-3/h4-6H,7H2,1-3H3,(H,15,18). The number of hydrogen-bond donors (Lipinski definition) is 1. The molecule has 0 aliphatic carbocycles. The van der Waals surface area contributed by atoms with Gasteiger partial charge >= 0.3 is 5.97 Å². The number of nitrogens with zero attached hydrogens (tertiary/aromatic N) is 2. The number of aromatic nitrogens is 2. The van der Waals surface area contributed by atoms with Crippen LogP contribution in [0.15, 0.2) is 22.9 Å². The fourth-order valence-corrected chi connectivity index (χ4v) is 1.77. The molecule has 0 saturated carbocycles. The molecule has 2 rings (SSSR count). The molecular formula is C13H15N3O4. The number of methoxy groups -OCH3 is 1. The summed E-state index contributed by atoms with van der Waals surface area (Å²) in [6.07, 6.45) is 3.01. The summed E-state index contributed by atoms with van der Waals surface area (Å²) in [5.41, 5.74) is 0.973. The van der Waals surface area contributed by atoms with Crippen molar-refractivity contribution >= 4 is 17.6 Å². The largest absolute Gasteiger partial charge is 0.468 e. The Morgan fingerprint density at radius 3 is 2.80 bits per heavy atom. The van der Waals surface area contributed by atoms with Crippen molar-refractivity contribution in [3.63, 3.8) is 0 Å². The van der Waals surface area contributed by atoms with Gasteiger partial charge in [0.1, 0.15) is 18.1 Å². The number of nitrogens with one attached hydrogen (secondary N) is 1. The number of anilines is 1. The van der Waals surface area contributed by atoms with Crippen LogP contribution in [0.1, 0.15) is 21.9 Å². The van der Waals surface area contributed by atoms with Gasteiger partial charge in [-0.3, -0.25) is 14.3 Å². The third kappa shape index (κ3) is 3.05. The monoisotopic (exact) mass is 277 g/mol. The molecule has 0 spiro atoms. The van der Waals surface area contributed by atoms with Crippen molar-refractivity contribution in [3.05, 3.63) is 35.5 Å². The van der Waals surface area contributed by atoms with E-state index in [0.717, 1.165) is 0 Å². The van der Waals surface area contributed by atoms with E-state index in [-0.39, 0.29) is 12.5 Å². The molecule has 0 aromatic carbocycles. The first-order valence-electron chi connectivity index (χ1n) is 5.97. The number of carbonyl (C=O) groups is 2. The van der Waals surface area contributed by atoms with Crippen LogP contribution in [0.2, 0.25) is 0 Å². The summed E-state index contributed by atoms with van der Waals surface area (Å²) in [5.74, 6) is 0.542. The van der Waals surface area contributed by atoms with E-state index >= 15 is 0 Å². The van der Waals surface area contributed by atoms with Crippen molar-refractivity contribution < 1.29 is 18.7 Å². The van der Waals surface area contributed by atoms with Crippen molar-refractivity contribution in [2.24, 2.45) is 0 Å². The van der Waals surface area contributed by atoms with Crippen LogP contribution >= 0.6 is 0 Å². The van der Waals surface area contributed by atoms with Crippen molar-refractivity contribution in [3.8, 4) is 0 Å². The summed E-state index contributed by atoms with van der Waals surface area (Å²) in [6, 6.07) is 1.67. The quantitative estimate of drug-likeness (QED) is 0.856. The first-order valence-corrected chi connectivity index (χ1v) is 5.97. The average molecular weight is 277 g/mol. The Bertz CT molecular complexity index is 642. The van der Waals surface area contributed by atoms with Crippen LogP contribution in [0.5, 0.6) is 0 Å². The lowest BCUT2D eigenvalue weighted by Gasteiger charge is -2.00. The Morgan fingerprint density at radius 1 is 1.45 bits per heavy atom. The molecule has 0 atom stereocenters. The predicted octanol–water partition coefficient (Wildman–Crippen LogP) is 1.52. The van der Waals surface area contributed by atoms with E-state index in [1.807, 2.05) is 0 Å². The summed E-state index contributed by atoms with van der Waals surface area (Å²) in [5, 5.41) is 6.65. The average Bonchev–Trinajstić information content (AvgIpc) is 2.95. The van der Waals surface area contributed by atoms with Crippen molar-refractivity contribution in [2.75, 3.05) is 12.4 Å². The SMILES string of the molecule is COC(=O)Cn1cc(NC(=O)c2cc(C)oc2C)cn1. The second-order valence-corrected chi connectivity index (χ2v) is 4.28. The third-order valence-electron chi connectivity index (χ3n) is 2.70. The number of amides is 1. The van der Waals surface area contributed by atoms with E-state index in [1.165, 1.54) is 18.0 Å². The molecule has 1 amide bonds. The minimum atomic E-state index is -0.410. The number of ether oxygens (including phenoxy) is 1. The number of hydrogen-bond acceptors (Lipinski definition) is 5. The molecule has 20 heavy (non-hydrogen) atoms. The van der Waals surface area contributed by atoms with Gasteiger partial charge in [0, 0.05) is 6.20 Å². The molecule has 0 aliphatic rings. The minimum Gasteiger partial charge on any atom is -0.468 e. The molecule has 2 aromatic heterocycles. The predicted molar refractivity (Wildman–Crippen MR) is 70.4 cm³/mol. The fraction of sp³-hybridized carbons (Fsp3) is 0.308. The summed E-state index contributed by atoms with van der Waals surface area (Å²) in [4.78, 5) is 23.1. The zero-order valence-corrected chi connectivity index (χ0v) is 11.5. The molecular weight excluding hydrogens is 262 g/mol. The van der Waals surface area contributed by atoms with Gasteiger partial charge in [-0.25, -0.2) is 0 Å². The van der Waals surface area contributed by atoms with Gasteiger partial charge in [0.15, 0.2) is 0 Å². The molecule has 1 N–H and O–H groups in total. The van der Waals surface area contributed by atoms with E-state index in [1.54, 1.807) is 26.1 Å². The van der Waals surface area contributed by atoms with E-state index in [0.29, 0.717) is 22.8 Å². The topological polar surface area (TPSA) is 86.4 Å². The molecule has 2 aromatic rings. The summed E-state index contributed by atoms with van der Waals surface area (Å²) in [6.45, 7) is 3.50. The van der Waals surface area contributed by atoms with Crippen LogP contribution in [0.25, 0.3) is 0 Å². The van der Waals surface area contributed by atoms with Gasteiger partial charge in [0.25, 0.3) is 5.91 Å². The second-order valence-electron chi connectivity index (χ2n) is 4.28. The van der Waals surface area contributed by atoms with Crippen molar-refractivity contribution in [1.29, 1.82) is 0 Å². The molecule has 0 radical (unpaired) electrons. The highest BCUT2D eigenvalue weighted by atomic mass is 16.5. The summed E-state index contributed by atoms with van der Waals surface area (Å²) >= 11 is 0. The van der Waals surface area contributed by atoms with Crippen LogP contribution in [-0.4, -0.2) is 28.8 Å². The molecule has 2 heterocycles.